The molecule has 1 amide bonds. The third-order valence-electron chi connectivity index (χ3n) is 4.29. The summed E-state index contributed by atoms with van der Waals surface area (Å²) < 4.78 is 0. The van der Waals surface area contributed by atoms with Crippen molar-refractivity contribution in [3.8, 4) is 11.3 Å². The van der Waals surface area contributed by atoms with Crippen LogP contribution in [0, 0.1) is 6.92 Å². The van der Waals surface area contributed by atoms with Crippen molar-refractivity contribution >= 4 is 29.3 Å². The Bertz CT molecular complexity index is 780. The zero-order valence-electron chi connectivity index (χ0n) is 14.3. The Hall–Kier alpha value is -2.34. The highest BCUT2D eigenvalue weighted by atomic mass is 35.5. The summed E-state index contributed by atoms with van der Waals surface area (Å²) in [6.45, 7) is 4.30. The standard InChI is InChI=1S/C18H22ClN5O/c1-12-5-2-6-13(17(12)19)14-11-15(23-18(20)22-14)21-8-4-10-24-9-3-7-16(24)25/h2,5-6,11H,3-4,7-10H2,1H3,(H3,20,21,22,23). The van der Waals surface area contributed by atoms with Gasteiger partial charge in [0.15, 0.2) is 0 Å². The van der Waals surface area contributed by atoms with Crippen LogP contribution < -0.4 is 11.1 Å². The van der Waals surface area contributed by atoms with Gasteiger partial charge in [0.1, 0.15) is 5.82 Å². The van der Waals surface area contributed by atoms with Crippen molar-refractivity contribution in [1.82, 2.24) is 14.9 Å². The van der Waals surface area contributed by atoms with Crippen LogP contribution in [0.15, 0.2) is 24.3 Å². The summed E-state index contributed by atoms with van der Waals surface area (Å²) in [4.78, 5) is 22.0. The van der Waals surface area contributed by atoms with Gasteiger partial charge in [0.2, 0.25) is 11.9 Å². The van der Waals surface area contributed by atoms with Gasteiger partial charge in [-0.2, -0.15) is 4.98 Å². The van der Waals surface area contributed by atoms with E-state index in [1.165, 1.54) is 0 Å². The molecule has 0 radical (unpaired) electrons. The molecule has 6 nitrogen and oxygen atoms in total. The van der Waals surface area contributed by atoms with Gasteiger partial charge in [-0.05, 0) is 25.3 Å². The predicted octanol–water partition coefficient (Wildman–Crippen LogP) is 3.11. The minimum atomic E-state index is 0.201. The Balaban J connectivity index is 1.65. The summed E-state index contributed by atoms with van der Waals surface area (Å²) >= 11 is 6.39. The average Bonchev–Trinajstić information content (AvgIpc) is 2.99. The molecule has 25 heavy (non-hydrogen) atoms. The normalized spacial score (nSPS) is 14.2. The molecule has 7 heteroatoms. The van der Waals surface area contributed by atoms with E-state index in [4.69, 9.17) is 17.3 Å². The summed E-state index contributed by atoms with van der Waals surface area (Å²) in [5.74, 6) is 1.11. The number of anilines is 2. The van der Waals surface area contributed by atoms with E-state index in [0.29, 0.717) is 29.5 Å². The molecule has 0 atom stereocenters. The quantitative estimate of drug-likeness (QED) is 0.774. The molecule has 1 aliphatic rings. The highest BCUT2D eigenvalue weighted by molar-refractivity contribution is 6.34. The van der Waals surface area contributed by atoms with Gasteiger partial charge in [0.25, 0.3) is 0 Å². The lowest BCUT2D eigenvalue weighted by Gasteiger charge is -2.15. The number of carbonyl (C=O) groups is 1. The van der Waals surface area contributed by atoms with E-state index in [1.54, 1.807) is 0 Å². The summed E-state index contributed by atoms with van der Waals surface area (Å²) in [5, 5.41) is 3.92. The van der Waals surface area contributed by atoms with Crippen LogP contribution >= 0.6 is 11.6 Å². The first-order valence-electron chi connectivity index (χ1n) is 8.46. The number of hydrogen-bond acceptors (Lipinski definition) is 5. The van der Waals surface area contributed by atoms with Crippen molar-refractivity contribution in [2.45, 2.75) is 26.2 Å². The van der Waals surface area contributed by atoms with E-state index >= 15 is 0 Å². The number of likely N-dealkylation sites (tertiary alicyclic amines) is 1. The third-order valence-corrected chi connectivity index (χ3v) is 4.80. The molecule has 1 aromatic carbocycles. The Morgan fingerprint density at radius 2 is 2.20 bits per heavy atom. The Labute approximate surface area is 152 Å². The zero-order chi connectivity index (χ0) is 17.8. The largest absolute Gasteiger partial charge is 0.370 e. The second kappa shape index (κ2) is 7.70. The van der Waals surface area contributed by atoms with Crippen molar-refractivity contribution in [2.24, 2.45) is 0 Å². The number of halogens is 1. The fourth-order valence-corrected chi connectivity index (χ4v) is 3.19. The molecule has 0 spiro atoms. The molecular formula is C18H22ClN5O. The molecule has 0 unspecified atom stereocenters. The molecule has 0 bridgehead atoms. The minimum Gasteiger partial charge on any atom is -0.370 e. The number of nitrogens with zero attached hydrogens (tertiary/aromatic N) is 3. The predicted molar refractivity (Wildman–Crippen MR) is 101 cm³/mol. The molecule has 1 saturated heterocycles. The number of nitrogens with one attached hydrogen (secondary N) is 1. The number of amides is 1. The fraction of sp³-hybridized carbons (Fsp3) is 0.389. The topological polar surface area (TPSA) is 84.1 Å². The van der Waals surface area contributed by atoms with Gasteiger partial charge in [0.05, 0.1) is 10.7 Å². The number of nitrogen functional groups attached to an aromatic ring is 1. The lowest BCUT2D eigenvalue weighted by Crippen LogP contribution is -2.27. The lowest BCUT2D eigenvalue weighted by molar-refractivity contribution is -0.127. The Morgan fingerprint density at radius 3 is 2.96 bits per heavy atom. The molecule has 1 aliphatic heterocycles. The van der Waals surface area contributed by atoms with Crippen LogP contribution in [0.4, 0.5) is 11.8 Å². The molecule has 0 aliphatic carbocycles. The van der Waals surface area contributed by atoms with Crippen LogP contribution in [-0.2, 0) is 4.79 Å². The van der Waals surface area contributed by atoms with Crippen LogP contribution in [0.1, 0.15) is 24.8 Å². The van der Waals surface area contributed by atoms with Gasteiger partial charge in [0, 0.05) is 37.7 Å². The fourth-order valence-electron chi connectivity index (χ4n) is 2.97. The van der Waals surface area contributed by atoms with E-state index in [-0.39, 0.29) is 11.9 Å². The van der Waals surface area contributed by atoms with E-state index in [2.05, 4.69) is 15.3 Å². The maximum atomic E-state index is 11.6. The molecule has 0 saturated carbocycles. The number of nitrogens with two attached hydrogens (primary N) is 1. The number of benzene rings is 1. The first-order valence-corrected chi connectivity index (χ1v) is 8.84. The third kappa shape index (κ3) is 4.20. The summed E-state index contributed by atoms with van der Waals surface area (Å²) in [6.07, 6.45) is 2.50. The summed E-state index contributed by atoms with van der Waals surface area (Å²) in [7, 11) is 0. The number of carbonyl (C=O) groups excluding carboxylic acids is 1. The van der Waals surface area contributed by atoms with Crippen LogP contribution in [-0.4, -0.2) is 40.4 Å². The number of rotatable bonds is 6. The monoisotopic (exact) mass is 359 g/mol. The molecule has 3 rings (SSSR count). The first-order chi connectivity index (χ1) is 12.0. The molecular weight excluding hydrogens is 338 g/mol. The minimum absolute atomic E-state index is 0.201. The highest BCUT2D eigenvalue weighted by Gasteiger charge is 2.19. The van der Waals surface area contributed by atoms with E-state index in [0.717, 1.165) is 37.1 Å². The van der Waals surface area contributed by atoms with Gasteiger partial charge in [-0.15, -0.1) is 0 Å². The second-order valence-electron chi connectivity index (χ2n) is 6.20. The van der Waals surface area contributed by atoms with Crippen LogP contribution in [0.25, 0.3) is 11.3 Å². The first kappa shape index (κ1) is 17.5. The Kier molecular flexibility index (Phi) is 5.38. The number of hydrogen-bond donors (Lipinski definition) is 2. The number of aryl methyl sites for hydroxylation is 1. The maximum Gasteiger partial charge on any atom is 0.222 e. The van der Waals surface area contributed by atoms with Gasteiger partial charge < -0.3 is 16.0 Å². The molecule has 132 valence electrons. The summed E-state index contributed by atoms with van der Waals surface area (Å²) in [6, 6.07) is 7.65. The van der Waals surface area contributed by atoms with Crippen molar-refractivity contribution in [3.05, 3.63) is 34.9 Å². The number of aromatic nitrogens is 2. The molecule has 1 aromatic heterocycles. The van der Waals surface area contributed by atoms with Crippen molar-refractivity contribution in [1.29, 1.82) is 0 Å². The van der Waals surface area contributed by atoms with Crippen molar-refractivity contribution < 1.29 is 4.79 Å². The van der Waals surface area contributed by atoms with Crippen molar-refractivity contribution in [3.63, 3.8) is 0 Å². The Morgan fingerprint density at radius 1 is 1.36 bits per heavy atom. The maximum absolute atomic E-state index is 11.6. The van der Waals surface area contributed by atoms with Crippen LogP contribution in [0.2, 0.25) is 5.02 Å². The van der Waals surface area contributed by atoms with Gasteiger partial charge in [-0.3, -0.25) is 4.79 Å². The van der Waals surface area contributed by atoms with Gasteiger partial charge in [-0.25, -0.2) is 4.98 Å². The van der Waals surface area contributed by atoms with Crippen molar-refractivity contribution in [2.75, 3.05) is 30.7 Å². The molecule has 1 fully saturated rings. The summed E-state index contributed by atoms with van der Waals surface area (Å²) in [5.41, 5.74) is 8.36. The van der Waals surface area contributed by atoms with Gasteiger partial charge in [-0.1, -0.05) is 29.8 Å². The average molecular weight is 360 g/mol. The smallest absolute Gasteiger partial charge is 0.222 e. The van der Waals surface area contributed by atoms with Gasteiger partial charge >= 0.3 is 0 Å². The van der Waals surface area contributed by atoms with Crippen LogP contribution in [0.3, 0.4) is 0 Å². The SMILES string of the molecule is Cc1cccc(-c2cc(NCCCN3CCCC3=O)nc(N)n2)c1Cl. The van der Waals surface area contributed by atoms with Crippen LogP contribution in [0.5, 0.6) is 0 Å². The van der Waals surface area contributed by atoms with E-state index in [1.807, 2.05) is 36.1 Å². The second-order valence-corrected chi connectivity index (χ2v) is 6.58. The zero-order valence-corrected chi connectivity index (χ0v) is 15.0. The van der Waals surface area contributed by atoms with E-state index in [9.17, 15) is 4.79 Å². The molecule has 2 heterocycles. The van der Waals surface area contributed by atoms with E-state index < -0.39 is 0 Å². The molecule has 3 N–H and O–H groups in total. The molecule has 2 aromatic rings. The highest BCUT2D eigenvalue weighted by Crippen LogP contribution is 2.30. The lowest BCUT2D eigenvalue weighted by atomic mass is 10.1.